The fraction of sp³-hybridized carbons (Fsp3) is 0.500. The lowest BCUT2D eigenvalue weighted by molar-refractivity contribution is -0.148. The van der Waals surface area contributed by atoms with Crippen molar-refractivity contribution in [2.24, 2.45) is 16.8 Å². The van der Waals surface area contributed by atoms with E-state index in [1.807, 2.05) is 39.0 Å². The largest absolute Gasteiger partial charge is 0.489 e. The van der Waals surface area contributed by atoms with E-state index in [2.05, 4.69) is 20.4 Å². The predicted octanol–water partition coefficient (Wildman–Crippen LogP) is 2.73. The highest BCUT2D eigenvalue weighted by molar-refractivity contribution is 7.80. The van der Waals surface area contributed by atoms with Gasteiger partial charge in [0.2, 0.25) is 0 Å². The Morgan fingerprint density at radius 1 is 1.32 bits per heavy atom. The molecule has 200 valence electrons. The van der Waals surface area contributed by atoms with Crippen LogP contribution in [0.5, 0.6) is 5.75 Å². The Labute approximate surface area is 222 Å². The molecule has 1 amide bonds. The molecule has 0 radical (unpaired) electrons. The topological polar surface area (TPSA) is 141 Å². The third-order valence-electron chi connectivity index (χ3n) is 6.54. The van der Waals surface area contributed by atoms with Gasteiger partial charge in [0.15, 0.2) is 10.8 Å². The molecular weight excluding hydrogens is 494 g/mol. The quantitative estimate of drug-likeness (QED) is 0.337. The molecule has 11 heteroatoms. The van der Waals surface area contributed by atoms with Crippen LogP contribution in [0.4, 0.5) is 0 Å². The molecule has 1 unspecified atom stereocenters. The minimum atomic E-state index is -1.56. The number of methoxy groups -OCH3 is 1. The maximum absolute atomic E-state index is 13.7. The highest BCUT2D eigenvalue weighted by Gasteiger charge is 2.55. The molecule has 1 aliphatic heterocycles. The number of nitrogens with zero attached hydrogens (tertiary/aromatic N) is 2. The number of hydrogen-bond donors (Lipinski definition) is 3. The Hall–Kier alpha value is -3.31. The van der Waals surface area contributed by atoms with E-state index in [0.29, 0.717) is 17.9 Å². The summed E-state index contributed by atoms with van der Waals surface area (Å²) in [5.74, 6) is -0.513. The number of carbonyl (C=O) groups is 2. The predicted molar refractivity (Wildman–Crippen MR) is 143 cm³/mol. The van der Waals surface area contributed by atoms with E-state index in [0.717, 1.165) is 6.42 Å². The molecule has 4 N–H and O–H groups in total. The number of aromatic amines is 1. The zero-order valence-corrected chi connectivity index (χ0v) is 22.5. The van der Waals surface area contributed by atoms with Crippen LogP contribution < -0.4 is 15.8 Å². The lowest BCUT2D eigenvalue weighted by Crippen LogP contribution is -2.61. The van der Waals surface area contributed by atoms with E-state index >= 15 is 0 Å². The van der Waals surface area contributed by atoms with Gasteiger partial charge in [0.25, 0.3) is 11.5 Å². The number of benzene rings is 1. The Morgan fingerprint density at radius 3 is 2.65 bits per heavy atom. The van der Waals surface area contributed by atoms with Crippen molar-refractivity contribution in [2.75, 3.05) is 13.7 Å². The lowest BCUT2D eigenvalue weighted by Gasteiger charge is -2.33. The van der Waals surface area contributed by atoms with Gasteiger partial charge in [-0.3, -0.25) is 9.59 Å². The van der Waals surface area contributed by atoms with Crippen molar-refractivity contribution < 1.29 is 23.9 Å². The molecule has 0 saturated carbocycles. The van der Waals surface area contributed by atoms with Crippen molar-refractivity contribution in [3.63, 3.8) is 0 Å². The fourth-order valence-corrected chi connectivity index (χ4v) is 4.34. The van der Waals surface area contributed by atoms with Gasteiger partial charge < -0.3 is 30.3 Å². The number of H-pyrrole nitrogens is 1. The number of Topliss-reactive ketones (excluding diaryl/α,β-unsaturated/α-hetero) is 1. The van der Waals surface area contributed by atoms with Gasteiger partial charge in [0, 0.05) is 18.3 Å². The van der Waals surface area contributed by atoms with Gasteiger partial charge in [-0.2, -0.15) is 0 Å². The first-order valence-corrected chi connectivity index (χ1v) is 12.7. The molecule has 2 heterocycles. The number of imidazole rings is 1. The van der Waals surface area contributed by atoms with Crippen LogP contribution in [0.1, 0.15) is 45.7 Å². The van der Waals surface area contributed by atoms with E-state index in [-0.39, 0.29) is 41.9 Å². The molecule has 10 nitrogen and oxygen atoms in total. The van der Waals surface area contributed by atoms with Gasteiger partial charge in [0.1, 0.15) is 17.9 Å². The standard InChI is InChI=1S/C26H35N5O5S/c1-5-9-20(23(37)34-4)30-24(33)25(15-35-19-10-7-6-8-11-19)13-21(31-36-25)26(27,17(2)3)22(32)12-18-14-28-16-29-18/h6-8,10-11,14,16-17,20H,5,9,12-13,15,27H2,1-4H3,(H,28,29)(H,30,33)/t20-,25?,26-/m0/s1. The van der Waals surface area contributed by atoms with Crippen molar-refractivity contribution in [2.45, 2.75) is 63.6 Å². The number of nitrogens with two attached hydrogens (primary N) is 1. The summed E-state index contributed by atoms with van der Waals surface area (Å²) in [6.07, 6.45) is 4.42. The molecule has 0 aliphatic carbocycles. The summed E-state index contributed by atoms with van der Waals surface area (Å²) in [6, 6.07) is 8.56. The van der Waals surface area contributed by atoms with Crippen LogP contribution in [0, 0.1) is 5.92 Å². The number of rotatable bonds is 13. The first-order valence-electron chi connectivity index (χ1n) is 12.3. The molecular formula is C26H35N5O5S. The first-order chi connectivity index (χ1) is 17.7. The molecule has 0 spiro atoms. The monoisotopic (exact) mass is 529 g/mol. The number of thiocarbonyl (C=S) groups is 1. The van der Waals surface area contributed by atoms with Crippen LogP contribution in [-0.2, 0) is 25.6 Å². The number of oxime groups is 1. The van der Waals surface area contributed by atoms with Crippen molar-refractivity contribution in [1.82, 2.24) is 15.3 Å². The molecule has 3 rings (SSSR count). The third kappa shape index (κ3) is 6.34. The zero-order valence-electron chi connectivity index (χ0n) is 21.7. The summed E-state index contributed by atoms with van der Waals surface area (Å²) in [4.78, 5) is 39.9. The van der Waals surface area contributed by atoms with Gasteiger partial charge in [0.05, 0.1) is 31.6 Å². The smallest absolute Gasteiger partial charge is 0.271 e. The van der Waals surface area contributed by atoms with Gasteiger partial charge >= 0.3 is 0 Å². The van der Waals surface area contributed by atoms with Crippen molar-refractivity contribution in [1.29, 1.82) is 0 Å². The molecule has 37 heavy (non-hydrogen) atoms. The average molecular weight is 530 g/mol. The molecule has 0 saturated heterocycles. The Bertz CT molecular complexity index is 1110. The zero-order chi connectivity index (χ0) is 27.1. The molecule has 2 aromatic rings. The highest BCUT2D eigenvalue weighted by Crippen LogP contribution is 2.33. The number of hydrogen-bond acceptors (Lipinski definition) is 9. The number of para-hydroxylation sites is 1. The summed E-state index contributed by atoms with van der Waals surface area (Å²) in [5.41, 5.74) is 4.63. The maximum atomic E-state index is 13.7. The molecule has 1 aromatic carbocycles. The van der Waals surface area contributed by atoms with Gasteiger partial charge in [-0.15, -0.1) is 0 Å². The number of ether oxygens (including phenoxy) is 2. The second-order valence-corrected chi connectivity index (χ2v) is 9.84. The van der Waals surface area contributed by atoms with E-state index < -0.39 is 23.1 Å². The van der Waals surface area contributed by atoms with Crippen LogP contribution in [0.3, 0.4) is 0 Å². The number of nitrogens with one attached hydrogen (secondary N) is 2. The van der Waals surface area contributed by atoms with Crippen LogP contribution in [0.15, 0.2) is 48.0 Å². The van der Waals surface area contributed by atoms with Crippen LogP contribution in [0.2, 0.25) is 0 Å². The van der Waals surface area contributed by atoms with Gasteiger partial charge in [-0.25, -0.2) is 4.98 Å². The summed E-state index contributed by atoms with van der Waals surface area (Å²) in [5, 5.41) is 7.42. The number of carbonyl (C=O) groups excluding carboxylic acids is 2. The second-order valence-electron chi connectivity index (χ2n) is 9.44. The number of amides is 1. The van der Waals surface area contributed by atoms with Crippen molar-refractivity contribution in [3.8, 4) is 5.75 Å². The Morgan fingerprint density at radius 2 is 2.05 bits per heavy atom. The maximum Gasteiger partial charge on any atom is 0.271 e. The van der Waals surface area contributed by atoms with E-state index in [4.69, 9.17) is 32.3 Å². The molecule has 1 aromatic heterocycles. The average Bonchev–Trinajstić information content (AvgIpc) is 3.57. The van der Waals surface area contributed by atoms with Gasteiger partial charge in [-0.05, 0) is 36.7 Å². The number of ketones is 1. The Balaban J connectivity index is 1.89. The summed E-state index contributed by atoms with van der Waals surface area (Å²) in [6.45, 7) is 5.50. The third-order valence-corrected chi connectivity index (χ3v) is 6.99. The normalized spacial score (nSPS) is 19.4. The van der Waals surface area contributed by atoms with Crippen LogP contribution in [0.25, 0.3) is 0 Å². The minimum absolute atomic E-state index is 0.0341. The molecule has 1 aliphatic rings. The molecule has 0 bridgehead atoms. The van der Waals surface area contributed by atoms with Crippen LogP contribution >= 0.6 is 12.2 Å². The summed E-state index contributed by atoms with van der Waals surface area (Å²) >= 11 is 5.31. The van der Waals surface area contributed by atoms with Crippen LogP contribution in [-0.4, -0.2) is 63.3 Å². The number of aromatic nitrogens is 2. The molecule has 3 atom stereocenters. The van der Waals surface area contributed by atoms with Crippen molar-refractivity contribution >= 4 is 34.7 Å². The van der Waals surface area contributed by atoms with E-state index in [1.165, 1.54) is 13.4 Å². The van der Waals surface area contributed by atoms with E-state index in [9.17, 15) is 9.59 Å². The SMILES string of the molecule is CCC[C@H](NC(=O)C1(COc2ccccc2)CC([C@](N)(C(=O)Cc2cnc[nH]2)C(C)C)=NO1)C(=S)OC. The summed E-state index contributed by atoms with van der Waals surface area (Å²) in [7, 11) is 1.47. The van der Waals surface area contributed by atoms with Crippen molar-refractivity contribution in [3.05, 3.63) is 48.5 Å². The minimum Gasteiger partial charge on any atom is -0.489 e. The summed E-state index contributed by atoms with van der Waals surface area (Å²) < 4.78 is 11.2. The fourth-order valence-electron chi connectivity index (χ4n) is 4.17. The first kappa shape index (κ1) is 28.3. The molecule has 0 fully saturated rings. The lowest BCUT2D eigenvalue weighted by atomic mass is 9.74. The Kier molecular flexibility index (Phi) is 9.39. The van der Waals surface area contributed by atoms with E-state index in [1.54, 1.807) is 18.3 Å². The highest BCUT2D eigenvalue weighted by atomic mass is 32.1. The second kappa shape index (κ2) is 12.3. The van der Waals surface area contributed by atoms with Gasteiger partial charge in [-0.1, -0.05) is 50.5 Å².